The number of halogens is 3. The second-order valence-electron chi connectivity index (χ2n) is 10.2. The Morgan fingerprint density at radius 3 is 2.23 bits per heavy atom. The first-order valence-electron chi connectivity index (χ1n) is 12.7. The number of hydrogen-bond acceptors (Lipinski definition) is 6. The van der Waals surface area contributed by atoms with E-state index in [1.807, 2.05) is 60.4 Å². The van der Waals surface area contributed by atoms with Gasteiger partial charge in [-0.05, 0) is 43.0 Å². The normalized spacial score (nSPS) is 26.1. The highest BCUT2D eigenvalue weighted by Crippen LogP contribution is 2.51. The molecule has 0 aliphatic carbocycles. The Hall–Kier alpha value is -3.93. The van der Waals surface area contributed by atoms with Gasteiger partial charge in [-0.15, -0.1) is 0 Å². The molecule has 3 fully saturated rings. The molecule has 0 saturated carbocycles. The molecule has 5 rings (SSSR count). The summed E-state index contributed by atoms with van der Waals surface area (Å²) in [7, 11) is 3.13. The van der Waals surface area contributed by atoms with E-state index < -0.39 is 35.6 Å². The van der Waals surface area contributed by atoms with Gasteiger partial charge in [0.05, 0.1) is 18.9 Å². The average Bonchev–Trinajstić information content (AvgIpc) is 3.37. The van der Waals surface area contributed by atoms with Crippen LogP contribution < -0.4 is 10.1 Å². The lowest BCUT2D eigenvalue weighted by molar-refractivity contribution is -0.192. The number of ether oxygens (including phenoxy) is 1. The van der Waals surface area contributed by atoms with Crippen LogP contribution in [0.1, 0.15) is 35.6 Å². The van der Waals surface area contributed by atoms with E-state index in [0.717, 1.165) is 17.5 Å². The first kappa shape index (κ1) is 29.1. The summed E-state index contributed by atoms with van der Waals surface area (Å²) in [6, 6.07) is 15.2. The van der Waals surface area contributed by atoms with Crippen molar-refractivity contribution in [2.24, 2.45) is 11.8 Å². The van der Waals surface area contributed by atoms with Crippen LogP contribution in [0, 0.1) is 18.8 Å². The van der Waals surface area contributed by atoms with Crippen LogP contribution in [0.5, 0.6) is 5.75 Å². The van der Waals surface area contributed by atoms with Crippen LogP contribution in [-0.4, -0.2) is 71.0 Å². The van der Waals surface area contributed by atoms with Gasteiger partial charge in [0.1, 0.15) is 11.3 Å². The molecule has 3 aliphatic heterocycles. The predicted octanol–water partition coefficient (Wildman–Crippen LogP) is 3.07. The second kappa shape index (κ2) is 10.9. The van der Waals surface area contributed by atoms with E-state index in [4.69, 9.17) is 14.6 Å². The van der Waals surface area contributed by atoms with E-state index in [-0.39, 0.29) is 17.7 Å². The Kier molecular flexibility index (Phi) is 7.93. The molecule has 40 heavy (non-hydrogen) atoms. The SMILES string of the molecule is COc1ccc([C@H]2N[C@]3(CCCN(Cc4ccc(C)cc4)C3=O)[C@H]3C(=O)N(C)C(=O)[C@@H]23)cc1.O=C(O)C(F)(F)F. The van der Waals surface area contributed by atoms with Gasteiger partial charge in [0.15, 0.2) is 0 Å². The smallest absolute Gasteiger partial charge is 0.490 e. The summed E-state index contributed by atoms with van der Waals surface area (Å²) in [4.78, 5) is 52.3. The lowest BCUT2D eigenvalue weighted by atomic mass is 9.74. The van der Waals surface area contributed by atoms with Crippen molar-refractivity contribution < 1.29 is 42.2 Å². The van der Waals surface area contributed by atoms with E-state index in [2.05, 4.69) is 5.32 Å². The largest absolute Gasteiger partial charge is 0.497 e. The van der Waals surface area contributed by atoms with Crippen molar-refractivity contribution in [3.63, 3.8) is 0 Å². The summed E-state index contributed by atoms with van der Waals surface area (Å²) in [5, 5.41) is 10.6. The zero-order valence-corrected chi connectivity index (χ0v) is 22.2. The molecule has 9 nitrogen and oxygen atoms in total. The molecule has 3 aliphatic rings. The lowest BCUT2D eigenvalue weighted by Crippen LogP contribution is -2.63. The zero-order valence-electron chi connectivity index (χ0n) is 22.2. The summed E-state index contributed by atoms with van der Waals surface area (Å²) in [6.45, 7) is 3.16. The second-order valence-corrected chi connectivity index (χ2v) is 10.2. The van der Waals surface area contributed by atoms with Crippen molar-refractivity contribution in [2.45, 2.75) is 44.1 Å². The van der Waals surface area contributed by atoms with E-state index in [1.165, 1.54) is 17.5 Å². The number of carbonyl (C=O) groups is 4. The van der Waals surface area contributed by atoms with Crippen LogP contribution in [0.3, 0.4) is 0 Å². The average molecular weight is 562 g/mol. The van der Waals surface area contributed by atoms with Gasteiger partial charge in [-0.25, -0.2) is 4.79 Å². The van der Waals surface area contributed by atoms with E-state index in [0.29, 0.717) is 25.3 Å². The van der Waals surface area contributed by atoms with Crippen LogP contribution in [0.4, 0.5) is 13.2 Å². The van der Waals surface area contributed by atoms with Crippen LogP contribution in [0.25, 0.3) is 0 Å². The molecule has 0 radical (unpaired) electrons. The maximum Gasteiger partial charge on any atom is 0.490 e. The molecule has 4 atom stereocenters. The van der Waals surface area contributed by atoms with Crippen molar-refractivity contribution in [1.82, 2.24) is 15.1 Å². The van der Waals surface area contributed by atoms with Crippen molar-refractivity contribution in [3.05, 3.63) is 65.2 Å². The van der Waals surface area contributed by atoms with E-state index in [1.54, 1.807) is 7.11 Å². The molecule has 2 aromatic carbocycles. The highest BCUT2D eigenvalue weighted by Gasteiger charge is 2.68. The quantitative estimate of drug-likeness (QED) is 0.552. The monoisotopic (exact) mass is 561 g/mol. The van der Waals surface area contributed by atoms with Crippen LogP contribution in [0.15, 0.2) is 48.5 Å². The standard InChI is InChI=1S/C26H29N3O4.C2HF3O2/c1-16-5-7-17(8-6-16)15-29-14-4-13-26(25(29)32)21-20(23(30)28(2)24(21)31)22(27-26)18-9-11-19(33-3)12-10-18;3-2(4,5)1(6)7/h5-12,20-22,27H,4,13-15H2,1-3H3;(H,6,7)/t20-,21-,22-,26-;/m1./s1. The van der Waals surface area contributed by atoms with Gasteiger partial charge in [-0.2, -0.15) is 13.2 Å². The minimum Gasteiger partial charge on any atom is -0.497 e. The molecular formula is C28H30F3N3O6. The Morgan fingerprint density at radius 1 is 1.07 bits per heavy atom. The number of nitrogens with zero attached hydrogens (tertiary/aromatic N) is 2. The number of benzene rings is 2. The van der Waals surface area contributed by atoms with Crippen molar-refractivity contribution in [3.8, 4) is 5.75 Å². The highest BCUT2D eigenvalue weighted by atomic mass is 19.4. The number of aryl methyl sites for hydroxylation is 1. The van der Waals surface area contributed by atoms with Gasteiger partial charge in [0.2, 0.25) is 17.7 Å². The molecule has 1 spiro atoms. The molecule has 3 heterocycles. The maximum atomic E-state index is 14.0. The van der Waals surface area contributed by atoms with Crippen LogP contribution >= 0.6 is 0 Å². The van der Waals surface area contributed by atoms with Gasteiger partial charge in [0, 0.05) is 26.2 Å². The number of hydrogen-bond donors (Lipinski definition) is 2. The fraction of sp³-hybridized carbons (Fsp3) is 0.429. The third-order valence-corrected chi connectivity index (χ3v) is 7.75. The number of likely N-dealkylation sites (tertiary alicyclic amines) is 2. The fourth-order valence-corrected chi connectivity index (χ4v) is 5.77. The number of aliphatic carboxylic acids is 1. The number of amides is 3. The minimum atomic E-state index is -5.08. The number of methoxy groups -OCH3 is 1. The van der Waals surface area contributed by atoms with Crippen molar-refractivity contribution in [1.29, 1.82) is 0 Å². The number of piperidine rings is 1. The first-order chi connectivity index (χ1) is 18.8. The van der Waals surface area contributed by atoms with Gasteiger partial charge in [-0.3, -0.25) is 24.6 Å². The summed E-state index contributed by atoms with van der Waals surface area (Å²) in [6.07, 6.45) is -3.77. The summed E-state index contributed by atoms with van der Waals surface area (Å²) >= 11 is 0. The Balaban J connectivity index is 0.000000470. The third-order valence-electron chi connectivity index (χ3n) is 7.75. The van der Waals surface area contributed by atoms with Crippen molar-refractivity contribution in [2.75, 3.05) is 20.7 Å². The fourth-order valence-electron chi connectivity index (χ4n) is 5.77. The minimum absolute atomic E-state index is 0.0863. The Labute approximate surface area is 228 Å². The molecule has 3 saturated heterocycles. The number of imide groups is 1. The molecule has 12 heteroatoms. The third kappa shape index (κ3) is 5.27. The molecule has 2 N–H and O–H groups in total. The first-order valence-corrected chi connectivity index (χ1v) is 12.7. The zero-order chi connectivity index (χ0) is 29.4. The topological polar surface area (TPSA) is 116 Å². The molecule has 0 bridgehead atoms. The van der Waals surface area contributed by atoms with Crippen LogP contribution in [0.2, 0.25) is 0 Å². The van der Waals surface area contributed by atoms with Crippen LogP contribution in [-0.2, 0) is 25.7 Å². The van der Waals surface area contributed by atoms with Gasteiger partial charge < -0.3 is 14.7 Å². The van der Waals surface area contributed by atoms with Gasteiger partial charge in [-0.1, -0.05) is 42.0 Å². The molecule has 3 amide bonds. The summed E-state index contributed by atoms with van der Waals surface area (Å²) < 4.78 is 37.0. The number of carboxylic acid groups (broad SMARTS) is 1. The molecule has 214 valence electrons. The maximum absolute atomic E-state index is 14.0. The number of rotatable bonds is 4. The summed E-state index contributed by atoms with van der Waals surface area (Å²) in [5.74, 6) is -3.91. The predicted molar refractivity (Wildman–Crippen MR) is 136 cm³/mol. The van der Waals surface area contributed by atoms with Gasteiger partial charge >= 0.3 is 12.1 Å². The molecular weight excluding hydrogens is 531 g/mol. The molecule has 0 unspecified atom stereocenters. The molecule has 2 aromatic rings. The number of alkyl halides is 3. The van der Waals surface area contributed by atoms with E-state index in [9.17, 15) is 27.6 Å². The van der Waals surface area contributed by atoms with E-state index >= 15 is 0 Å². The summed E-state index contributed by atoms with van der Waals surface area (Å²) in [5.41, 5.74) is 2.03. The molecule has 0 aromatic heterocycles. The van der Waals surface area contributed by atoms with Crippen molar-refractivity contribution >= 4 is 23.7 Å². The number of nitrogens with one attached hydrogen (secondary N) is 1. The number of carboxylic acids is 1. The Bertz CT molecular complexity index is 1300. The van der Waals surface area contributed by atoms with Gasteiger partial charge in [0.25, 0.3) is 0 Å². The number of carbonyl (C=O) groups excluding carboxylic acids is 3. The Morgan fingerprint density at radius 2 is 1.68 bits per heavy atom. The highest BCUT2D eigenvalue weighted by molar-refractivity contribution is 6.10. The lowest BCUT2D eigenvalue weighted by Gasteiger charge is -2.42. The number of fused-ring (bicyclic) bond motifs is 2.